The maximum absolute atomic E-state index is 5.25. The van der Waals surface area contributed by atoms with E-state index >= 15 is 0 Å². The summed E-state index contributed by atoms with van der Waals surface area (Å²) in [6.45, 7) is 0.765. The molecule has 1 unspecified atom stereocenters. The third-order valence-corrected chi connectivity index (χ3v) is 4.65. The molecule has 0 N–H and O–H groups in total. The Hall–Kier alpha value is -1.04. The molecule has 1 aromatic heterocycles. The average molecular weight is 277 g/mol. The molecule has 5 heteroatoms. The van der Waals surface area contributed by atoms with Crippen molar-refractivity contribution in [3.8, 4) is 0 Å². The van der Waals surface area contributed by atoms with Gasteiger partial charge in [-0.2, -0.15) is 5.10 Å². The van der Waals surface area contributed by atoms with Crippen molar-refractivity contribution in [1.82, 2.24) is 14.7 Å². The van der Waals surface area contributed by atoms with E-state index in [1.807, 2.05) is 4.68 Å². The molecule has 3 nitrogen and oxygen atoms in total. The second-order valence-electron chi connectivity index (χ2n) is 4.66. The van der Waals surface area contributed by atoms with E-state index in [1.54, 1.807) is 5.51 Å². The second-order valence-corrected chi connectivity index (χ2v) is 6.13. The van der Waals surface area contributed by atoms with Crippen molar-refractivity contribution in [3.63, 3.8) is 0 Å². The summed E-state index contributed by atoms with van der Waals surface area (Å²) in [5.41, 5.74) is 4.75. The number of nitrogens with zero attached hydrogens (tertiary/aromatic N) is 3. The molecule has 0 amide bonds. The highest BCUT2D eigenvalue weighted by Gasteiger charge is 2.25. The fraction of sp³-hybridized carbons (Fsp3) is 0.385. The van der Waals surface area contributed by atoms with Crippen LogP contribution in [0.1, 0.15) is 23.6 Å². The summed E-state index contributed by atoms with van der Waals surface area (Å²) in [6, 6.07) is 9.21. The van der Waals surface area contributed by atoms with Crippen molar-refractivity contribution in [2.45, 2.75) is 25.6 Å². The predicted molar refractivity (Wildman–Crippen MR) is 76.2 cm³/mol. The van der Waals surface area contributed by atoms with Crippen molar-refractivity contribution >= 4 is 23.6 Å². The van der Waals surface area contributed by atoms with Gasteiger partial charge in [-0.15, -0.1) is 0 Å². The van der Waals surface area contributed by atoms with Crippen molar-refractivity contribution in [1.29, 1.82) is 0 Å². The summed E-state index contributed by atoms with van der Waals surface area (Å²) < 4.78 is 2.73. The van der Waals surface area contributed by atoms with Crippen LogP contribution in [0.15, 0.2) is 29.8 Å². The van der Waals surface area contributed by atoms with Crippen LogP contribution in [-0.4, -0.2) is 21.7 Å². The van der Waals surface area contributed by atoms with Crippen LogP contribution in [0.4, 0.5) is 0 Å². The zero-order chi connectivity index (χ0) is 12.5. The molecule has 0 spiro atoms. The molecule has 0 radical (unpaired) electrons. The Balaban J connectivity index is 1.81. The largest absolute Gasteiger partial charge is 0.280 e. The molecule has 0 bridgehead atoms. The van der Waals surface area contributed by atoms with Gasteiger partial charge in [0.25, 0.3) is 0 Å². The number of benzene rings is 1. The number of rotatable bonds is 3. The molecule has 1 aliphatic carbocycles. The number of hydrogen-bond acceptors (Lipinski definition) is 4. The van der Waals surface area contributed by atoms with Gasteiger partial charge < -0.3 is 0 Å². The van der Waals surface area contributed by atoms with Crippen LogP contribution in [0.3, 0.4) is 0 Å². The van der Waals surface area contributed by atoms with Gasteiger partial charge in [0, 0.05) is 6.04 Å². The summed E-state index contributed by atoms with van der Waals surface area (Å²) >= 11 is 6.76. The summed E-state index contributed by atoms with van der Waals surface area (Å²) in [5, 5.41) is 4.27. The zero-order valence-corrected chi connectivity index (χ0v) is 11.9. The van der Waals surface area contributed by atoms with Crippen LogP contribution < -0.4 is 0 Å². The van der Waals surface area contributed by atoms with E-state index < -0.39 is 0 Å². The van der Waals surface area contributed by atoms with E-state index in [0.717, 1.165) is 10.6 Å². The van der Waals surface area contributed by atoms with Crippen LogP contribution in [0.2, 0.25) is 0 Å². The van der Waals surface area contributed by atoms with Gasteiger partial charge in [0.15, 0.2) is 3.95 Å². The van der Waals surface area contributed by atoms with E-state index in [4.69, 9.17) is 12.2 Å². The van der Waals surface area contributed by atoms with E-state index in [-0.39, 0.29) is 0 Å². The van der Waals surface area contributed by atoms with Gasteiger partial charge in [-0.1, -0.05) is 35.6 Å². The Kier molecular flexibility index (Phi) is 3.28. The van der Waals surface area contributed by atoms with Crippen LogP contribution in [0.5, 0.6) is 0 Å². The topological polar surface area (TPSA) is 21.1 Å². The third kappa shape index (κ3) is 2.13. The Morgan fingerprint density at radius 2 is 2.33 bits per heavy atom. The van der Waals surface area contributed by atoms with Crippen LogP contribution >= 0.6 is 23.6 Å². The standard InChI is InChI=1S/C13H15N3S2/c1-15(9-16-13(17)18-8-14-16)12-7-6-10-4-2-3-5-11(10)12/h2-5,8,12H,6-7,9H2,1H3. The maximum Gasteiger partial charge on any atom is 0.180 e. The van der Waals surface area contributed by atoms with Gasteiger partial charge in [0.2, 0.25) is 0 Å². The molecule has 94 valence electrons. The first-order valence-corrected chi connectivity index (χ1v) is 7.33. The highest BCUT2D eigenvalue weighted by Crippen LogP contribution is 2.34. The lowest BCUT2D eigenvalue weighted by Gasteiger charge is -2.24. The molecule has 18 heavy (non-hydrogen) atoms. The van der Waals surface area contributed by atoms with E-state index in [2.05, 4.69) is 41.3 Å². The Labute approximate surface area is 116 Å². The fourth-order valence-electron chi connectivity index (χ4n) is 2.63. The molecule has 1 atom stereocenters. The lowest BCUT2D eigenvalue weighted by Crippen LogP contribution is -2.26. The maximum atomic E-state index is 5.25. The molecule has 1 aromatic carbocycles. The van der Waals surface area contributed by atoms with E-state index in [1.165, 1.54) is 35.3 Å². The molecule has 0 aliphatic heterocycles. The predicted octanol–water partition coefficient (Wildman–Crippen LogP) is 3.25. The number of fused-ring (bicyclic) bond motifs is 1. The molecule has 0 saturated heterocycles. The van der Waals surface area contributed by atoms with Gasteiger partial charge in [0.1, 0.15) is 5.51 Å². The molecule has 0 saturated carbocycles. The lowest BCUT2D eigenvalue weighted by atomic mass is 10.1. The number of hydrogen-bond donors (Lipinski definition) is 0. The highest BCUT2D eigenvalue weighted by molar-refractivity contribution is 7.73. The third-order valence-electron chi connectivity index (χ3n) is 3.54. The van der Waals surface area contributed by atoms with Gasteiger partial charge >= 0.3 is 0 Å². The van der Waals surface area contributed by atoms with Gasteiger partial charge in [-0.3, -0.25) is 4.90 Å². The molecule has 0 fully saturated rings. The number of aromatic nitrogens is 2. The van der Waals surface area contributed by atoms with E-state index in [9.17, 15) is 0 Å². The fourth-order valence-corrected chi connectivity index (χ4v) is 3.34. The molecule has 1 aliphatic rings. The average Bonchev–Trinajstić information content (AvgIpc) is 2.96. The molecule has 2 aromatic rings. The smallest absolute Gasteiger partial charge is 0.180 e. The Morgan fingerprint density at radius 1 is 1.50 bits per heavy atom. The van der Waals surface area contributed by atoms with Crippen LogP contribution in [0.25, 0.3) is 0 Å². The molecule has 3 rings (SSSR count). The summed E-state index contributed by atoms with van der Waals surface area (Å²) in [6.07, 6.45) is 2.36. The second kappa shape index (κ2) is 4.91. The minimum Gasteiger partial charge on any atom is -0.280 e. The van der Waals surface area contributed by atoms with Crippen LogP contribution in [-0.2, 0) is 13.1 Å². The molecular formula is C13H15N3S2. The first kappa shape index (κ1) is 12.0. The molecular weight excluding hydrogens is 262 g/mol. The van der Waals surface area contributed by atoms with Gasteiger partial charge in [0.05, 0.1) is 6.67 Å². The Bertz CT molecular complexity index is 602. The first-order chi connectivity index (χ1) is 8.75. The quantitative estimate of drug-likeness (QED) is 0.804. The first-order valence-electron chi connectivity index (χ1n) is 6.04. The number of aryl methyl sites for hydroxylation is 1. The lowest BCUT2D eigenvalue weighted by molar-refractivity contribution is 0.182. The van der Waals surface area contributed by atoms with Crippen molar-refractivity contribution in [2.24, 2.45) is 0 Å². The van der Waals surface area contributed by atoms with Crippen LogP contribution in [0, 0.1) is 3.95 Å². The van der Waals surface area contributed by atoms with Gasteiger partial charge in [-0.25, -0.2) is 4.68 Å². The van der Waals surface area contributed by atoms with E-state index in [0.29, 0.717) is 6.04 Å². The molecule has 1 heterocycles. The monoisotopic (exact) mass is 277 g/mol. The summed E-state index contributed by atoms with van der Waals surface area (Å²) in [7, 11) is 2.15. The van der Waals surface area contributed by atoms with Crippen molar-refractivity contribution in [2.75, 3.05) is 7.05 Å². The zero-order valence-electron chi connectivity index (χ0n) is 10.2. The Morgan fingerprint density at radius 3 is 3.11 bits per heavy atom. The SMILES string of the molecule is CN(Cn1ncsc1=S)C1CCc2ccccc21. The summed E-state index contributed by atoms with van der Waals surface area (Å²) in [5.74, 6) is 0. The van der Waals surface area contributed by atoms with Crippen molar-refractivity contribution < 1.29 is 0 Å². The summed E-state index contributed by atoms with van der Waals surface area (Å²) in [4.78, 5) is 2.33. The van der Waals surface area contributed by atoms with Crippen molar-refractivity contribution in [3.05, 3.63) is 44.9 Å². The minimum atomic E-state index is 0.491. The normalized spacial score (nSPS) is 18.2. The minimum absolute atomic E-state index is 0.491. The highest BCUT2D eigenvalue weighted by atomic mass is 32.1. The van der Waals surface area contributed by atoms with Gasteiger partial charge in [-0.05, 0) is 43.2 Å².